The van der Waals surface area contributed by atoms with E-state index in [-0.39, 0.29) is 0 Å². The second kappa shape index (κ2) is 9.37. The minimum absolute atomic E-state index is 0.362. The zero-order valence-corrected chi connectivity index (χ0v) is 18.6. The molecular formula is C20H18N16. The van der Waals surface area contributed by atoms with Gasteiger partial charge in [0.25, 0.3) is 23.8 Å². The molecular weight excluding hydrogens is 464 g/mol. The van der Waals surface area contributed by atoms with Crippen LogP contribution in [0.5, 0.6) is 0 Å². The molecule has 6 aromatic heterocycles. The van der Waals surface area contributed by atoms with Crippen molar-refractivity contribution in [2.75, 3.05) is 23.7 Å². The molecule has 36 heavy (non-hydrogen) atoms. The Morgan fingerprint density at radius 3 is 1.00 bits per heavy atom. The van der Waals surface area contributed by atoms with Crippen molar-refractivity contribution in [2.24, 2.45) is 0 Å². The summed E-state index contributed by atoms with van der Waals surface area (Å²) in [5.74, 6) is 2.19. The lowest BCUT2D eigenvalue weighted by atomic mass is 10.6. The van der Waals surface area contributed by atoms with Gasteiger partial charge >= 0.3 is 0 Å². The van der Waals surface area contributed by atoms with E-state index in [0.717, 1.165) is 0 Å². The molecule has 0 fully saturated rings. The van der Waals surface area contributed by atoms with E-state index in [1.165, 1.54) is 0 Å². The Balaban J connectivity index is 1.19. The summed E-state index contributed by atoms with van der Waals surface area (Å²) in [5.41, 5.74) is 0. The number of hydrogen-bond donors (Lipinski definition) is 2. The summed E-state index contributed by atoms with van der Waals surface area (Å²) < 4.78 is 6.21. The van der Waals surface area contributed by atoms with Crippen LogP contribution < -0.4 is 10.6 Å². The fourth-order valence-corrected chi connectivity index (χ4v) is 3.17. The molecule has 0 unspecified atom stereocenters. The second-order valence-electron chi connectivity index (χ2n) is 7.17. The molecule has 0 aliphatic carbocycles. The standard InChI is InChI=1S/C20H18N16/c1-5-23-33(11-1)17-27-15(28-18(31-17)34-12-2-6-24-34)21-9-10-22-16-29-19(35-13-3-7-25-35)32-20(30-16)36-14-4-8-26-36/h1-8,11-14H,9-10H2,(H,21,27,28,31)(H,22,29,30,32). The van der Waals surface area contributed by atoms with E-state index in [1.54, 1.807) is 92.6 Å². The Morgan fingerprint density at radius 2 is 0.750 bits per heavy atom. The predicted molar refractivity (Wildman–Crippen MR) is 125 cm³/mol. The lowest BCUT2D eigenvalue weighted by Crippen LogP contribution is -2.20. The van der Waals surface area contributed by atoms with Crippen LogP contribution in [-0.4, -0.2) is 82.1 Å². The molecule has 0 saturated carbocycles. The lowest BCUT2D eigenvalue weighted by Gasteiger charge is -2.11. The fraction of sp³-hybridized carbons (Fsp3) is 0.100. The Hall–Kier alpha value is -5.54. The molecule has 0 spiro atoms. The molecule has 0 aliphatic rings. The van der Waals surface area contributed by atoms with Gasteiger partial charge in [-0.2, -0.15) is 50.3 Å². The Kier molecular flexibility index (Phi) is 5.47. The average molecular weight is 482 g/mol. The molecule has 0 aromatic carbocycles. The van der Waals surface area contributed by atoms with Crippen molar-refractivity contribution in [3.05, 3.63) is 73.8 Å². The van der Waals surface area contributed by atoms with E-state index >= 15 is 0 Å². The highest BCUT2D eigenvalue weighted by molar-refractivity contribution is 5.35. The zero-order valence-electron chi connectivity index (χ0n) is 18.6. The van der Waals surface area contributed by atoms with Gasteiger partial charge in [-0.15, -0.1) is 0 Å². The van der Waals surface area contributed by atoms with Crippen LogP contribution in [0.25, 0.3) is 23.8 Å². The van der Waals surface area contributed by atoms with Crippen LogP contribution in [0, 0.1) is 0 Å². The minimum atomic E-state index is 0.362. The van der Waals surface area contributed by atoms with Crippen LogP contribution in [0.4, 0.5) is 11.9 Å². The fourth-order valence-electron chi connectivity index (χ4n) is 3.17. The molecule has 0 radical (unpaired) electrons. The van der Waals surface area contributed by atoms with Crippen LogP contribution >= 0.6 is 0 Å². The van der Waals surface area contributed by atoms with E-state index in [9.17, 15) is 0 Å². The number of nitrogens with zero attached hydrogens (tertiary/aromatic N) is 14. The van der Waals surface area contributed by atoms with Gasteiger partial charge in [0.15, 0.2) is 0 Å². The minimum Gasteiger partial charge on any atom is -0.352 e. The van der Waals surface area contributed by atoms with Crippen molar-refractivity contribution in [3.8, 4) is 23.8 Å². The average Bonchev–Trinajstić information content (AvgIpc) is 3.74. The third-order valence-corrected chi connectivity index (χ3v) is 4.75. The highest BCUT2D eigenvalue weighted by Crippen LogP contribution is 2.10. The topological polar surface area (TPSA) is 173 Å². The highest BCUT2D eigenvalue weighted by atomic mass is 15.4. The first-order chi connectivity index (χ1) is 17.8. The summed E-state index contributed by atoms with van der Waals surface area (Å²) in [4.78, 5) is 26.7. The molecule has 6 aromatic rings. The molecule has 0 atom stereocenters. The maximum atomic E-state index is 4.46. The van der Waals surface area contributed by atoms with Crippen molar-refractivity contribution >= 4 is 11.9 Å². The number of anilines is 2. The first kappa shape index (κ1) is 21.0. The molecule has 6 heterocycles. The van der Waals surface area contributed by atoms with Gasteiger partial charge in [0.05, 0.1) is 0 Å². The number of aromatic nitrogens is 14. The molecule has 16 nitrogen and oxygen atoms in total. The largest absolute Gasteiger partial charge is 0.352 e. The van der Waals surface area contributed by atoms with Gasteiger partial charge in [0.2, 0.25) is 11.9 Å². The van der Waals surface area contributed by atoms with Gasteiger partial charge in [-0.05, 0) is 24.3 Å². The van der Waals surface area contributed by atoms with Crippen LogP contribution in [0.15, 0.2) is 73.8 Å². The van der Waals surface area contributed by atoms with Gasteiger partial charge < -0.3 is 10.6 Å². The first-order valence-electron chi connectivity index (χ1n) is 10.8. The van der Waals surface area contributed by atoms with Crippen molar-refractivity contribution in [3.63, 3.8) is 0 Å². The van der Waals surface area contributed by atoms with Gasteiger partial charge in [0.1, 0.15) is 0 Å². The summed E-state index contributed by atoms with van der Waals surface area (Å²) in [6.45, 7) is 0.919. The molecule has 6 rings (SSSR count). The van der Waals surface area contributed by atoms with Crippen LogP contribution in [0.2, 0.25) is 0 Å². The summed E-state index contributed by atoms with van der Waals surface area (Å²) in [6.07, 6.45) is 13.6. The summed E-state index contributed by atoms with van der Waals surface area (Å²) in [5, 5.41) is 23.2. The Labute approximate surface area is 202 Å². The number of rotatable bonds is 9. The summed E-state index contributed by atoms with van der Waals surface area (Å²) in [6, 6.07) is 7.16. The van der Waals surface area contributed by atoms with E-state index in [2.05, 4.69) is 60.9 Å². The van der Waals surface area contributed by atoms with E-state index in [4.69, 9.17) is 0 Å². The smallest absolute Gasteiger partial charge is 0.257 e. The molecule has 0 bridgehead atoms. The molecule has 0 saturated heterocycles. The lowest BCUT2D eigenvalue weighted by molar-refractivity contribution is 0.742. The monoisotopic (exact) mass is 482 g/mol. The highest BCUT2D eigenvalue weighted by Gasteiger charge is 2.12. The van der Waals surface area contributed by atoms with Gasteiger partial charge in [0, 0.05) is 62.7 Å². The van der Waals surface area contributed by atoms with E-state index in [0.29, 0.717) is 48.8 Å². The maximum absolute atomic E-state index is 4.46. The number of nitrogens with one attached hydrogen (secondary N) is 2. The third-order valence-electron chi connectivity index (χ3n) is 4.75. The molecule has 178 valence electrons. The summed E-state index contributed by atoms with van der Waals surface area (Å²) >= 11 is 0. The van der Waals surface area contributed by atoms with E-state index < -0.39 is 0 Å². The van der Waals surface area contributed by atoms with E-state index in [1.807, 2.05) is 0 Å². The Morgan fingerprint density at radius 1 is 0.444 bits per heavy atom. The molecule has 0 aliphatic heterocycles. The SMILES string of the molecule is c1cnn(-c2nc(NCCNc3nc(-n4cccn4)nc(-n4cccn4)n3)nc(-n3cccn3)n2)c1. The van der Waals surface area contributed by atoms with Crippen molar-refractivity contribution < 1.29 is 0 Å². The molecule has 2 N–H and O–H groups in total. The molecule has 16 heteroatoms. The van der Waals surface area contributed by atoms with Gasteiger partial charge in [-0.3, -0.25) is 0 Å². The third kappa shape index (κ3) is 4.45. The Bertz CT molecular complexity index is 1300. The van der Waals surface area contributed by atoms with Crippen molar-refractivity contribution in [1.82, 2.24) is 69.0 Å². The quantitative estimate of drug-likeness (QED) is 0.271. The predicted octanol–water partition coefficient (Wildman–Crippen LogP) is 0.323. The molecule has 0 amide bonds. The summed E-state index contributed by atoms with van der Waals surface area (Å²) in [7, 11) is 0. The van der Waals surface area contributed by atoms with Crippen LogP contribution in [0.1, 0.15) is 0 Å². The van der Waals surface area contributed by atoms with Crippen molar-refractivity contribution in [1.29, 1.82) is 0 Å². The first-order valence-corrected chi connectivity index (χ1v) is 10.8. The van der Waals surface area contributed by atoms with Crippen LogP contribution in [-0.2, 0) is 0 Å². The van der Waals surface area contributed by atoms with Gasteiger partial charge in [-0.1, -0.05) is 0 Å². The van der Waals surface area contributed by atoms with Crippen LogP contribution in [0.3, 0.4) is 0 Å². The maximum Gasteiger partial charge on any atom is 0.257 e. The second-order valence-corrected chi connectivity index (χ2v) is 7.17. The van der Waals surface area contributed by atoms with Crippen molar-refractivity contribution in [2.45, 2.75) is 0 Å². The zero-order chi connectivity index (χ0) is 24.2. The normalized spacial score (nSPS) is 11.0. The van der Waals surface area contributed by atoms with Gasteiger partial charge in [-0.25, -0.2) is 18.7 Å². The number of hydrogen-bond acceptors (Lipinski definition) is 12.